The molecule has 1 amide bonds. The molecule has 0 aliphatic rings. The third-order valence-electron chi connectivity index (χ3n) is 2.50. The van der Waals surface area contributed by atoms with Crippen molar-refractivity contribution in [2.24, 2.45) is 0 Å². The molecule has 0 bridgehead atoms. The van der Waals surface area contributed by atoms with Crippen LogP contribution in [0.25, 0.3) is 0 Å². The first-order valence-electron chi connectivity index (χ1n) is 6.33. The van der Waals surface area contributed by atoms with E-state index in [0.717, 1.165) is 10.2 Å². The number of benzene rings is 1. The topological polar surface area (TPSA) is 50.4 Å². The Morgan fingerprint density at radius 1 is 1.32 bits per heavy atom. The first kappa shape index (κ1) is 16.1. The number of halogens is 1. The van der Waals surface area contributed by atoms with E-state index < -0.39 is 0 Å². The van der Waals surface area contributed by atoms with Gasteiger partial charge in [0.2, 0.25) is 5.91 Å². The van der Waals surface area contributed by atoms with Crippen molar-refractivity contribution < 1.29 is 9.53 Å². The minimum atomic E-state index is -0.257. The van der Waals surface area contributed by atoms with E-state index in [4.69, 9.17) is 4.74 Å². The third kappa shape index (κ3) is 6.71. The lowest BCUT2D eigenvalue weighted by Crippen LogP contribution is -2.40. The average molecular weight is 329 g/mol. The molecule has 0 saturated carbocycles. The Bertz CT molecular complexity index is 404. The number of amides is 1. The van der Waals surface area contributed by atoms with Crippen LogP contribution in [0.15, 0.2) is 28.7 Å². The molecule has 0 radical (unpaired) electrons. The molecule has 0 aliphatic carbocycles. The highest BCUT2D eigenvalue weighted by Crippen LogP contribution is 2.13. The Morgan fingerprint density at radius 2 is 1.95 bits per heavy atom. The van der Waals surface area contributed by atoms with E-state index in [2.05, 4.69) is 26.6 Å². The van der Waals surface area contributed by atoms with Crippen molar-refractivity contribution in [1.82, 2.24) is 5.32 Å². The number of anilines is 1. The van der Waals surface area contributed by atoms with Gasteiger partial charge in [-0.2, -0.15) is 0 Å². The second-order valence-electron chi connectivity index (χ2n) is 4.85. The number of carbonyl (C=O) groups is 1. The van der Waals surface area contributed by atoms with Crippen molar-refractivity contribution in [2.45, 2.75) is 26.4 Å². The lowest BCUT2D eigenvalue weighted by atomic mass is 10.1. The van der Waals surface area contributed by atoms with Gasteiger partial charge < -0.3 is 15.4 Å². The summed E-state index contributed by atoms with van der Waals surface area (Å²) in [4.78, 5) is 11.7. The Kier molecular flexibility index (Phi) is 6.48. The molecule has 0 aromatic heterocycles. The van der Waals surface area contributed by atoms with Crippen LogP contribution in [0.4, 0.5) is 5.69 Å². The number of rotatable bonds is 7. The molecule has 5 heteroatoms. The first-order valence-corrected chi connectivity index (χ1v) is 7.12. The maximum absolute atomic E-state index is 11.7. The van der Waals surface area contributed by atoms with Crippen LogP contribution in [-0.4, -0.2) is 31.2 Å². The van der Waals surface area contributed by atoms with Gasteiger partial charge in [0.05, 0.1) is 12.1 Å². The predicted octanol–water partition coefficient (Wildman–Crippen LogP) is 2.79. The highest BCUT2D eigenvalue weighted by atomic mass is 79.9. The Labute approximate surface area is 123 Å². The van der Waals surface area contributed by atoms with Crippen LogP contribution in [-0.2, 0) is 9.53 Å². The molecule has 4 nitrogen and oxygen atoms in total. The fourth-order valence-corrected chi connectivity index (χ4v) is 1.92. The first-order chi connectivity index (χ1) is 8.93. The van der Waals surface area contributed by atoms with Crippen LogP contribution >= 0.6 is 15.9 Å². The molecule has 1 aromatic carbocycles. The zero-order valence-electron chi connectivity index (χ0n) is 11.6. The number of ether oxygens (including phenoxy) is 1. The Hall–Kier alpha value is -0.910. The second kappa shape index (κ2) is 7.62. The van der Waals surface area contributed by atoms with Crippen LogP contribution in [0.1, 0.15) is 20.8 Å². The Morgan fingerprint density at radius 3 is 2.53 bits per heavy atom. The summed E-state index contributed by atoms with van der Waals surface area (Å²) in [6.45, 7) is 7.52. The van der Waals surface area contributed by atoms with Crippen molar-refractivity contribution in [3.05, 3.63) is 28.7 Å². The molecular formula is C14H21BrN2O2. The smallest absolute Gasteiger partial charge is 0.238 e. The summed E-state index contributed by atoms with van der Waals surface area (Å²) in [6, 6.07) is 7.49. The molecule has 1 rings (SSSR count). The van der Waals surface area contributed by atoms with Crippen molar-refractivity contribution in [3.63, 3.8) is 0 Å². The van der Waals surface area contributed by atoms with Gasteiger partial charge in [0.15, 0.2) is 0 Å². The summed E-state index contributed by atoms with van der Waals surface area (Å²) in [6.07, 6.45) is 0. The number of hydrogen-bond acceptors (Lipinski definition) is 3. The largest absolute Gasteiger partial charge is 0.375 e. The summed E-state index contributed by atoms with van der Waals surface area (Å²) in [5, 5.41) is 5.92. The zero-order chi connectivity index (χ0) is 14.3. The zero-order valence-corrected chi connectivity index (χ0v) is 13.2. The van der Waals surface area contributed by atoms with E-state index in [1.807, 2.05) is 45.0 Å². The molecule has 1 aromatic rings. The molecule has 0 aliphatic heterocycles. The van der Waals surface area contributed by atoms with Crippen LogP contribution in [0.2, 0.25) is 0 Å². The number of nitrogens with one attached hydrogen (secondary N) is 2. The standard InChI is InChI=1S/C14H21BrN2O2/c1-4-19-14(2,3)10-16-9-13(18)17-12-7-5-11(15)6-8-12/h5-8,16H,4,9-10H2,1-3H3,(H,17,18). The van der Waals surface area contributed by atoms with Crippen LogP contribution in [0, 0.1) is 0 Å². The van der Waals surface area contributed by atoms with Crippen molar-refractivity contribution in [2.75, 3.05) is 25.0 Å². The number of carbonyl (C=O) groups excluding carboxylic acids is 1. The maximum atomic E-state index is 11.7. The normalized spacial score (nSPS) is 11.4. The monoisotopic (exact) mass is 328 g/mol. The second-order valence-corrected chi connectivity index (χ2v) is 5.77. The lowest BCUT2D eigenvalue weighted by Gasteiger charge is -2.24. The van der Waals surface area contributed by atoms with E-state index in [0.29, 0.717) is 13.2 Å². The molecule has 0 heterocycles. The molecule has 0 unspecified atom stereocenters. The van der Waals surface area contributed by atoms with Crippen molar-refractivity contribution >= 4 is 27.5 Å². The van der Waals surface area contributed by atoms with E-state index >= 15 is 0 Å². The van der Waals surface area contributed by atoms with Crippen molar-refractivity contribution in [3.8, 4) is 0 Å². The van der Waals surface area contributed by atoms with Gasteiger partial charge >= 0.3 is 0 Å². The minimum absolute atomic E-state index is 0.0605. The molecule has 0 saturated heterocycles. The number of hydrogen-bond donors (Lipinski definition) is 2. The summed E-state index contributed by atoms with van der Waals surface area (Å²) in [7, 11) is 0. The maximum Gasteiger partial charge on any atom is 0.238 e. The van der Waals surface area contributed by atoms with E-state index in [1.54, 1.807) is 0 Å². The average Bonchev–Trinajstić information content (AvgIpc) is 2.31. The van der Waals surface area contributed by atoms with Gasteiger partial charge in [-0.1, -0.05) is 15.9 Å². The quantitative estimate of drug-likeness (QED) is 0.809. The summed E-state index contributed by atoms with van der Waals surface area (Å²) >= 11 is 3.35. The highest BCUT2D eigenvalue weighted by molar-refractivity contribution is 9.10. The Balaban J connectivity index is 2.30. The van der Waals surface area contributed by atoms with Gasteiger partial charge in [-0.3, -0.25) is 4.79 Å². The fraction of sp³-hybridized carbons (Fsp3) is 0.500. The molecule has 0 spiro atoms. The fourth-order valence-electron chi connectivity index (χ4n) is 1.66. The molecular weight excluding hydrogens is 308 g/mol. The van der Waals surface area contributed by atoms with E-state index in [9.17, 15) is 4.79 Å². The van der Waals surface area contributed by atoms with Crippen LogP contribution in [0.3, 0.4) is 0 Å². The SMILES string of the molecule is CCOC(C)(C)CNCC(=O)Nc1ccc(Br)cc1. The van der Waals surface area contributed by atoms with Gasteiger partial charge in [-0.05, 0) is 45.0 Å². The van der Waals surface area contributed by atoms with Gasteiger partial charge in [0.25, 0.3) is 0 Å². The molecule has 0 atom stereocenters. The molecule has 0 fully saturated rings. The lowest BCUT2D eigenvalue weighted by molar-refractivity contribution is -0.115. The molecule has 19 heavy (non-hydrogen) atoms. The van der Waals surface area contributed by atoms with Gasteiger partial charge in [0, 0.05) is 23.3 Å². The van der Waals surface area contributed by atoms with Gasteiger partial charge in [-0.25, -0.2) is 0 Å². The summed E-state index contributed by atoms with van der Waals surface area (Å²) in [5.74, 6) is -0.0605. The summed E-state index contributed by atoms with van der Waals surface area (Å²) < 4.78 is 6.53. The molecule has 106 valence electrons. The van der Waals surface area contributed by atoms with Crippen molar-refractivity contribution in [1.29, 1.82) is 0 Å². The van der Waals surface area contributed by atoms with E-state index in [1.165, 1.54) is 0 Å². The minimum Gasteiger partial charge on any atom is -0.375 e. The highest BCUT2D eigenvalue weighted by Gasteiger charge is 2.17. The predicted molar refractivity (Wildman–Crippen MR) is 81.3 cm³/mol. The van der Waals surface area contributed by atoms with E-state index in [-0.39, 0.29) is 18.1 Å². The van der Waals surface area contributed by atoms with Crippen LogP contribution < -0.4 is 10.6 Å². The third-order valence-corrected chi connectivity index (χ3v) is 3.03. The van der Waals surface area contributed by atoms with Gasteiger partial charge in [-0.15, -0.1) is 0 Å². The molecule has 2 N–H and O–H groups in total. The van der Waals surface area contributed by atoms with Crippen LogP contribution in [0.5, 0.6) is 0 Å². The summed E-state index contributed by atoms with van der Waals surface area (Å²) in [5.41, 5.74) is 0.534. The van der Waals surface area contributed by atoms with Gasteiger partial charge in [0.1, 0.15) is 0 Å².